The van der Waals surface area contributed by atoms with Crippen LogP contribution in [0.2, 0.25) is 0 Å². The predicted molar refractivity (Wildman–Crippen MR) is 88.3 cm³/mol. The zero-order valence-electron chi connectivity index (χ0n) is 14.1. The highest BCUT2D eigenvalue weighted by molar-refractivity contribution is 7.90. The van der Waals surface area contributed by atoms with Crippen LogP contribution in [0.4, 0.5) is 0 Å². The molecule has 0 bridgehead atoms. The number of nitrogens with one attached hydrogen (secondary N) is 1. The summed E-state index contributed by atoms with van der Waals surface area (Å²) in [4.78, 5) is 0. The molecule has 0 amide bonds. The van der Waals surface area contributed by atoms with Crippen LogP contribution in [0.15, 0.2) is 6.20 Å². The number of nitrogens with zero attached hydrogens (tertiary/aromatic N) is 3. The summed E-state index contributed by atoms with van der Waals surface area (Å²) in [5.41, 5.74) is 1.28. The summed E-state index contributed by atoms with van der Waals surface area (Å²) < 4.78 is 17.2. The second-order valence-electron chi connectivity index (χ2n) is 7.51. The molecule has 122 valence electrons. The van der Waals surface area contributed by atoms with Crippen molar-refractivity contribution in [2.24, 2.45) is 12.5 Å². The fourth-order valence-electron chi connectivity index (χ4n) is 3.09. The molecule has 1 fully saturated rings. The van der Waals surface area contributed by atoms with Crippen molar-refractivity contribution in [1.82, 2.24) is 14.5 Å². The van der Waals surface area contributed by atoms with E-state index in [-0.39, 0.29) is 16.2 Å². The lowest BCUT2D eigenvalue weighted by molar-refractivity contribution is 0.241. The van der Waals surface area contributed by atoms with Crippen LogP contribution < -0.4 is 4.72 Å². The monoisotopic (exact) mass is 322 g/mol. The Kier molecular flexibility index (Phi) is 4.90. The number of nitriles is 1. The molecule has 1 aliphatic rings. The summed E-state index contributed by atoms with van der Waals surface area (Å²) >= 11 is -1.20. The van der Waals surface area contributed by atoms with Crippen molar-refractivity contribution in [2.75, 3.05) is 0 Å². The zero-order valence-corrected chi connectivity index (χ0v) is 15.0. The topological polar surface area (TPSA) is 76.7 Å². The fraction of sp³-hybridized carbons (Fsp3) is 0.750. The van der Waals surface area contributed by atoms with Crippen molar-refractivity contribution < 1.29 is 4.55 Å². The summed E-state index contributed by atoms with van der Waals surface area (Å²) in [5, 5.41) is 13.9. The zero-order chi connectivity index (χ0) is 16.5. The molecule has 1 aromatic heterocycles. The molecule has 0 saturated heterocycles. The van der Waals surface area contributed by atoms with Gasteiger partial charge in [-0.1, -0.05) is 19.8 Å². The Balaban J connectivity index is 2.40. The second-order valence-corrected chi connectivity index (χ2v) is 9.50. The van der Waals surface area contributed by atoms with Gasteiger partial charge < -0.3 is 4.55 Å². The average Bonchev–Trinajstić information content (AvgIpc) is 3.01. The molecular weight excluding hydrogens is 296 g/mol. The molecule has 1 aliphatic carbocycles. The number of aryl methyl sites for hydroxylation is 1. The normalized spacial score (nSPS) is 20.6. The number of hydrogen-bond donors (Lipinski definition) is 1. The molecule has 0 aromatic carbocycles. The fourth-order valence-corrected chi connectivity index (χ4v) is 4.05. The van der Waals surface area contributed by atoms with Crippen LogP contribution in [-0.4, -0.2) is 19.1 Å². The maximum absolute atomic E-state index is 12.6. The molecule has 2 rings (SSSR count). The van der Waals surface area contributed by atoms with Crippen LogP contribution >= 0.6 is 0 Å². The van der Waals surface area contributed by atoms with Crippen molar-refractivity contribution in [1.29, 1.82) is 5.26 Å². The van der Waals surface area contributed by atoms with Gasteiger partial charge in [-0.2, -0.15) is 10.4 Å². The quantitative estimate of drug-likeness (QED) is 0.865. The first kappa shape index (κ1) is 17.3. The summed E-state index contributed by atoms with van der Waals surface area (Å²) in [6, 6.07) is 2.07. The second kappa shape index (κ2) is 6.23. The maximum atomic E-state index is 12.6. The minimum absolute atomic E-state index is 0.0130. The highest BCUT2D eigenvalue weighted by atomic mass is 32.2. The Morgan fingerprint density at radius 1 is 1.45 bits per heavy atom. The van der Waals surface area contributed by atoms with Gasteiger partial charge in [-0.3, -0.25) is 4.68 Å². The lowest BCUT2D eigenvalue weighted by atomic mass is 9.79. The molecule has 6 heteroatoms. The van der Waals surface area contributed by atoms with Crippen LogP contribution in [0.25, 0.3) is 0 Å². The van der Waals surface area contributed by atoms with Gasteiger partial charge in [0.1, 0.15) is 22.6 Å². The lowest BCUT2D eigenvalue weighted by Crippen LogP contribution is -2.46. The van der Waals surface area contributed by atoms with Gasteiger partial charge in [0.05, 0.1) is 5.56 Å². The van der Waals surface area contributed by atoms with Gasteiger partial charge in [-0.05, 0) is 39.0 Å². The number of rotatable bonds is 4. The third-order valence-electron chi connectivity index (χ3n) is 4.48. The van der Waals surface area contributed by atoms with Gasteiger partial charge in [0, 0.05) is 24.6 Å². The number of hydrogen-bond acceptors (Lipinski definition) is 4. The molecule has 1 saturated carbocycles. The van der Waals surface area contributed by atoms with Gasteiger partial charge in [-0.15, -0.1) is 4.72 Å². The van der Waals surface area contributed by atoms with Crippen LogP contribution in [0.1, 0.15) is 70.7 Å². The lowest BCUT2D eigenvalue weighted by Gasteiger charge is -2.36. The van der Waals surface area contributed by atoms with E-state index in [4.69, 9.17) is 0 Å². The van der Waals surface area contributed by atoms with E-state index in [1.54, 1.807) is 10.9 Å². The van der Waals surface area contributed by atoms with Crippen molar-refractivity contribution >= 4 is 11.4 Å². The highest BCUT2D eigenvalue weighted by Gasteiger charge is 2.44. The van der Waals surface area contributed by atoms with Gasteiger partial charge in [0.25, 0.3) is 0 Å². The molecule has 1 aromatic rings. The standard InChI is InChI=1S/C16H26N4OS/c1-15(2,3)22(21)19-14(16(4)8-6-7-9-16)13-12(10-17)11-20(5)18-13/h11,14,19H,6-9H2,1-5H3/t14-,22+/m0/s1. The van der Waals surface area contributed by atoms with Crippen LogP contribution in [0, 0.1) is 16.7 Å². The van der Waals surface area contributed by atoms with Crippen LogP contribution in [0.5, 0.6) is 0 Å². The first-order chi connectivity index (χ1) is 10.2. The molecule has 0 aliphatic heterocycles. The Morgan fingerprint density at radius 3 is 2.55 bits per heavy atom. The van der Waals surface area contributed by atoms with Gasteiger partial charge in [0.2, 0.25) is 0 Å². The summed E-state index contributed by atoms with van der Waals surface area (Å²) in [7, 11) is 1.82. The highest BCUT2D eigenvalue weighted by Crippen LogP contribution is 2.48. The van der Waals surface area contributed by atoms with Gasteiger partial charge >= 0.3 is 0 Å². The van der Waals surface area contributed by atoms with E-state index < -0.39 is 11.4 Å². The maximum Gasteiger partial charge on any atom is 0.136 e. The van der Waals surface area contributed by atoms with Crippen LogP contribution in [-0.2, 0) is 18.4 Å². The molecule has 2 atom stereocenters. The van der Waals surface area contributed by atoms with E-state index in [1.807, 2.05) is 27.8 Å². The van der Waals surface area contributed by atoms with E-state index in [0.29, 0.717) is 5.56 Å². The van der Waals surface area contributed by atoms with E-state index in [0.717, 1.165) is 18.5 Å². The van der Waals surface area contributed by atoms with E-state index in [9.17, 15) is 9.81 Å². The Morgan fingerprint density at radius 2 is 2.05 bits per heavy atom. The summed E-state index contributed by atoms with van der Waals surface area (Å²) in [6.45, 7) is 8.07. The van der Waals surface area contributed by atoms with Crippen LogP contribution in [0.3, 0.4) is 0 Å². The van der Waals surface area contributed by atoms with Crippen molar-refractivity contribution in [3.63, 3.8) is 0 Å². The molecule has 0 spiro atoms. The van der Waals surface area contributed by atoms with Crippen molar-refractivity contribution in [3.05, 3.63) is 17.5 Å². The average molecular weight is 322 g/mol. The Labute approximate surface area is 136 Å². The van der Waals surface area contributed by atoms with E-state index in [1.165, 1.54) is 12.8 Å². The van der Waals surface area contributed by atoms with Gasteiger partial charge in [-0.25, -0.2) is 0 Å². The molecule has 22 heavy (non-hydrogen) atoms. The smallest absolute Gasteiger partial charge is 0.136 e. The summed E-state index contributed by atoms with van der Waals surface area (Å²) in [5.74, 6) is 0. The first-order valence-corrected chi connectivity index (χ1v) is 8.94. The Hall–Kier alpha value is -1.03. The Bertz CT molecular complexity index is 564. The molecular formula is C16H26N4OS. The van der Waals surface area contributed by atoms with Crippen molar-refractivity contribution in [3.8, 4) is 6.07 Å². The molecule has 1 heterocycles. The predicted octanol–water partition coefficient (Wildman–Crippen LogP) is 2.96. The third kappa shape index (κ3) is 3.48. The molecule has 5 nitrogen and oxygen atoms in total. The minimum atomic E-state index is -1.20. The summed E-state index contributed by atoms with van der Waals surface area (Å²) in [6.07, 6.45) is 6.21. The van der Waals surface area contributed by atoms with Gasteiger partial charge in [0.15, 0.2) is 0 Å². The molecule has 0 radical (unpaired) electrons. The first-order valence-electron chi connectivity index (χ1n) is 7.79. The largest absolute Gasteiger partial charge is 0.598 e. The third-order valence-corrected chi connectivity index (χ3v) is 6.04. The van der Waals surface area contributed by atoms with Crippen molar-refractivity contribution in [2.45, 2.75) is 64.2 Å². The number of aromatic nitrogens is 2. The molecule has 0 unspecified atom stereocenters. The molecule has 1 N–H and O–H groups in total. The minimum Gasteiger partial charge on any atom is -0.598 e. The van der Waals surface area contributed by atoms with E-state index in [2.05, 4.69) is 22.8 Å². The van der Waals surface area contributed by atoms with E-state index >= 15 is 0 Å². The SMILES string of the molecule is Cn1cc(C#N)c([C@H](N[S@+]([O-])C(C)(C)C)C2(C)CCCC2)n1.